The van der Waals surface area contributed by atoms with E-state index in [1.165, 1.54) is 27.5 Å². The van der Waals surface area contributed by atoms with Crippen LogP contribution < -0.4 is 5.32 Å². The number of rotatable bonds is 9. The molecule has 0 saturated heterocycles. The first kappa shape index (κ1) is 23.7. The number of nitrogens with zero attached hydrogens (tertiary/aromatic N) is 1. The van der Waals surface area contributed by atoms with Gasteiger partial charge in [-0.1, -0.05) is 102 Å². The van der Waals surface area contributed by atoms with Crippen molar-refractivity contribution >= 4 is 16.7 Å². The fourth-order valence-corrected chi connectivity index (χ4v) is 4.35. The lowest BCUT2D eigenvalue weighted by Gasteiger charge is -2.24. The van der Waals surface area contributed by atoms with E-state index in [1.807, 2.05) is 4.90 Å². The van der Waals surface area contributed by atoms with E-state index in [1.54, 1.807) is 0 Å². The minimum atomic E-state index is 0.166. The summed E-state index contributed by atoms with van der Waals surface area (Å²) < 4.78 is 0. The minimum Gasteiger partial charge on any atom is -0.334 e. The molecule has 0 spiro atoms. The van der Waals surface area contributed by atoms with Crippen molar-refractivity contribution in [2.45, 2.75) is 46.3 Å². The molecule has 1 atom stereocenters. The maximum atomic E-state index is 13.3. The molecule has 0 radical (unpaired) electrons. The van der Waals surface area contributed by atoms with Crippen LogP contribution in [0.15, 0.2) is 91.0 Å². The van der Waals surface area contributed by atoms with Gasteiger partial charge >= 0.3 is 0 Å². The molecule has 1 N–H and O–H groups in total. The van der Waals surface area contributed by atoms with E-state index in [0.717, 1.165) is 11.1 Å². The highest BCUT2D eigenvalue weighted by atomic mass is 16.2. The van der Waals surface area contributed by atoms with Crippen LogP contribution >= 0.6 is 0 Å². The average Bonchev–Trinajstić information content (AvgIpc) is 2.85. The van der Waals surface area contributed by atoms with Gasteiger partial charge in [-0.05, 0) is 48.2 Å². The van der Waals surface area contributed by atoms with Gasteiger partial charge in [0.1, 0.15) is 0 Å². The first-order chi connectivity index (χ1) is 16.5. The van der Waals surface area contributed by atoms with Crippen LogP contribution in [0.3, 0.4) is 0 Å². The summed E-state index contributed by atoms with van der Waals surface area (Å²) in [4.78, 5) is 15.3. The Kier molecular flexibility index (Phi) is 7.76. The molecule has 0 aromatic heterocycles. The molecule has 0 fully saturated rings. The second kappa shape index (κ2) is 11.1. The van der Waals surface area contributed by atoms with E-state index >= 15 is 0 Å². The van der Waals surface area contributed by atoms with Gasteiger partial charge in [0.2, 0.25) is 5.91 Å². The number of nitrogens with one attached hydrogen (secondary N) is 1. The van der Waals surface area contributed by atoms with E-state index in [-0.39, 0.29) is 11.9 Å². The van der Waals surface area contributed by atoms with Gasteiger partial charge in [0, 0.05) is 32.1 Å². The fourth-order valence-electron chi connectivity index (χ4n) is 4.35. The monoisotopic (exact) mass is 450 g/mol. The van der Waals surface area contributed by atoms with Crippen molar-refractivity contribution in [3.8, 4) is 0 Å². The Hall–Kier alpha value is -3.43. The SMILES string of the molecule is Cc1ccc(CN(Cc2ccc(C)cc2)C(=O)CCNC(C)c2cccc3ccccc23)cc1. The summed E-state index contributed by atoms with van der Waals surface area (Å²) in [6.45, 7) is 8.21. The molecule has 1 amide bonds. The number of fused-ring (bicyclic) bond motifs is 1. The zero-order chi connectivity index (χ0) is 23.9. The van der Waals surface area contributed by atoms with Crippen LogP contribution in [0.5, 0.6) is 0 Å². The maximum Gasteiger partial charge on any atom is 0.224 e. The van der Waals surface area contributed by atoms with Gasteiger partial charge in [-0.2, -0.15) is 0 Å². The lowest BCUT2D eigenvalue weighted by Crippen LogP contribution is -2.33. The predicted octanol–water partition coefficient (Wildman–Crippen LogP) is 6.73. The van der Waals surface area contributed by atoms with Crippen molar-refractivity contribution < 1.29 is 4.79 Å². The molecule has 3 heteroatoms. The van der Waals surface area contributed by atoms with Gasteiger partial charge in [0.05, 0.1) is 0 Å². The molecular weight excluding hydrogens is 416 g/mol. The van der Waals surface area contributed by atoms with Crippen molar-refractivity contribution in [2.75, 3.05) is 6.54 Å². The zero-order valence-corrected chi connectivity index (χ0v) is 20.4. The second-order valence-electron chi connectivity index (χ2n) is 9.22. The van der Waals surface area contributed by atoms with Gasteiger partial charge in [-0.15, -0.1) is 0 Å². The Balaban J connectivity index is 1.41. The van der Waals surface area contributed by atoms with Gasteiger partial charge in [-0.3, -0.25) is 4.79 Å². The molecule has 0 aliphatic heterocycles. The maximum absolute atomic E-state index is 13.3. The largest absolute Gasteiger partial charge is 0.334 e. The third kappa shape index (κ3) is 6.12. The molecule has 0 aliphatic carbocycles. The number of carbonyl (C=O) groups excluding carboxylic acids is 1. The van der Waals surface area contributed by atoms with Crippen molar-refractivity contribution in [3.63, 3.8) is 0 Å². The van der Waals surface area contributed by atoms with Crippen LogP contribution in [0.4, 0.5) is 0 Å². The van der Waals surface area contributed by atoms with E-state index in [4.69, 9.17) is 0 Å². The van der Waals surface area contributed by atoms with Crippen LogP contribution in [-0.2, 0) is 17.9 Å². The lowest BCUT2D eigenvalue weighted by molar-refractivity contribution is -0.132. The molecular formula is C31H34N2O. The van der Waals surface area contributed by atoms with E-state index in [0.29, 0.717) is 26.1 Å². The summed E-state index contributed by atoms with van der Waals surface area (Å²) >= 11 is 0. The van der Waals surface area contributed by atoms with Crippen LogP contribution in [0.1, 0.15) is 47.2 Å². The predicted molar refractivity (Wildman–Crippen MR) is 142 cm³/mol. The van der Waals surface area contributed by atoms with Crippen LogP contribution in [0.2, 0.25) is 0 Å². The molecule has 0 saturated carbocycles. The van der Waals surface area contributed by atoms with Crippen molar-refractivity contribution in [2.24, 2.45) is 0 Å². The van der Waals surface area contributed by atoms with Gasteiger partial charge < -0.3 is 10.2 Å². The minimum absolute atomic E-state index is 0.166. The summed E-state index contributed by atoms with van der Waals surface area (Å²) in [5.41, 5.74) is 6.03. The molecule has 34 heavy (non-hydrogen) atoms. The van der Waals surface area contributed by atoms with Crippen LogP contribution in [-0.4, -0.2) is 17.4 Å². The molecule has 0 bridgehead atoms. The average molecular weight is 451 g/mol. The Morgan fingerprint density at radius 1 is 0.765 bits per heavy atom. The number of amides is 1. The summed E-state index contributed by atoms with van der Waals surface area (Å²) in [6.07, 6.45) is 0.465. The molecule has 0 heterocycles. The third-order valence-electron chi connectivity index (χ3n) is 6.42. The quantitative estimate of drug-likeness (QED) is 0.307. The summed E-state index contributed by atoms with van der Waals surface area (Å²) in [5, 5.41) is 6.08. The van der Waals surface area contributed by atoms with Crippen LogP contribution in [0, 0.1) is 13.8 Å². The van der Waals surface area contributed by atoms with Gasteiger partial charge in [-0.25, -0.2) is 0 Å². The van der Waals surface area contributed by atoms with Crippen molar-refractivity contribution in [3.05, 3.63) is 119 Å². The topological polar surface area (TPSA) is 32.3 Å². The smallest absolute Gasteiger partial charge is 0.224 e. The van der Waals surface area contributed by atoms with E-state index in [9.17, 15) is 4.79 Å². The molecule has 0 aliphatic rings. The normalized spacial score (nSPS) is 12.0. The molecule has 4 rings (SSSR count). The highest BCUT2D eigenvalue weighted by Gasteiger charge is 2.16. The molecule has 3 nitrogen and oxygen atoms in total. The highest BCUT2D eigenvalue weighted by molar-refractivity contribution is 5.86. The molecule has 4 aromatic rings. The number of carbonyl (C=O) groups is 1. The molecule has 1 unspecified atom stereocenters. The number of benzene rings is 4. The fraction of sp³-hybridized carbons (Fsp3) is 0.258. The van der Waals surface area contributed by atoms with Gasteiger partial charge in [0.25, 0.3) is 0 Å². The first-order valence-electron chi connectivity index (χ1n) is 12.1. The number of aryl methyl sites for hydroxylation is 2. The van der Waals surface area contributed by atoms with E-state index in [2.05, 4.69) is 117 Å². The summed E-state index contributed by atoms with van der Waals surface area (Å²) in [7, 11) is 0. The molecule has 4 aromatic carbocycles. The third-order valence-corrected chi connectivity index (χ3v) is 6.42. The summed E-state index contributed by atoms with van der Waals surface area (Å²) in [6, 6.07) is 31.9. The Labute approximate surface area is 203 Å². The Bertz CT molecular complexity index is 1180. The van der Waals surface area contributed by atoms with Crippen LogP contribution in [0.25, 0.3) is 10.8 Å². The summed E-state index contributed by atoms with van der Waals surface area (Å²) in [5.74, 6) is 0.166. The Morgan fingerprint density at radius 2 is 1.32 bits per heavy atom. The van der Waals surface area contributed by atoms with Gasteiger partial charge in [0.15, 0.2) is 0 Å². The number of hydrogen-bond donors (Lipinski definition) is 1. The lowest BCUT2D eigenvalue weighted by atomic mass is 9.99. The Morgan fingerprint density at radius 3 is 1.94 bits per heavy atom. The zero-order valence-electron chi connectivity index (χ0n) is 20.4. The van der Waals surface area contributed by atoms with E-state index < -0.39 is 0 Å². The standard InChI is InChI=1S/C31H34N2O/c1-23-11-15-26(16-12-23)21-33(22-27-17-13-24(2)14-18-27)31(34)19-20-32-25(3)29-10-6-8-28-7-4-5-9-30(28)29/h4-18,25,32H,19-22H2,1-3H3. The highest BCUT2D eigenvalue weighted by Crippen LogP contribution is 2.24. The second-order valence-corrected chi connectivity index (χ2v) is 9.22. The number of hydrogen-bond acceptors (Lipinski definition) is 2. The van der Waals surface area contributed by atoms with Crippen molar-refractivity contribution in [1.82, 2.24) is 10.2 Å². The van der Waals surface area contributed by atoms with Crippen molar-refractivity contribution in [1.29, 1.82) is 0 Å². The first-order valence-corrected chi connectivity index (χ1v) is 12.1. The molecule has 174 valence electrons.